The van der Waals surface area contributed by atoms with Crippen molar-refractivity contribution < 1.29 is 28.0 Å². The van der Waals surface area contributed by atoms with Crippen LogP contribution in [0.3, 0.4) is 0 Å². The number of amides is 4. The van der Waals surface area contributed by atoms with E-state index in [0.29, 0.717) is 16.7 Å². The van der Waals surface area contributed by atoms with E-state index in [-0.39, 0.29) is 29.8 Å². The van der Waals surface area contributed by atoms with Crippen molar-refractivity contribution in [3.8, 4) is 0 Å². The summed E-state index contributed by atoms with van der Waals surface area (Å²) in [6.07, 6.45) is 0.192. The van der Waals surface area contributed by atoms with Crippen LogP contribution in [-0.4, -0.2) is 70.9 Å². The Morgan fingerprint density at radius 1 is 1.17 bits per heavy atom. The van der Waals surface area contributed by atoms with E-state index in [0.717, 1.165) is 16.9 Å². The Morgan fingerprint density at radius 2 is 1.81 bits per heavy atom. The van der Waals surface area contributed by atoms with Crippen LogP contribution in [0.25, 0.3) is 0 Å². The molecule has 0 bridgehead atoms. The van der Waals surface area contributed by atoms with E-state index in [1.807, 2.05) is 0 Å². The molecule has 0 aromatic heterocycles. The van der Waals surface area contributed by atoms with Gasteiger partial charge in [0.15, 0.2) is 0 Å². The monoisotopic (exact) mass is 509 g/mol. The number of halogens is 3. The van der Waals surface area contributed by atoms with E-state index >= 15 is 0 Å². The molecule has 0 radical (unpaired) electrons. The first-order valence-corrected chi connectivity index (χ1v) is 11.8. The molecule has 0 aliphatic carbocycles. The molecule has 2 aliphatic heterocycles. The van der Waals surface area contributed by atoms with E-state index in [1.165, 1.54) is 25.0 Å². The average Bonchev–Trinajstić information content (AvgIpc) is 3.15. The van der Waals surface area contributed by atoms with Gasteiger partial charge in [0.25, 0.3) is 11.8 Å². The topological polar surface area (TPSA) is 86.8 Å². The van der Waals surface area contributed by atoms with E-state index in [4.69, 9.17) is 11.6 Å². The molecule has 14 heteroatoms. The fourth-order valence-electron chi connectivity index (χ4n) is 4.56. The van der Waals surface area contributed by atoms with Gasteiger partial charge < -0.3 is 9.71 Å². The summed E-state index contributed by atoms with van der Waals surface area (Å²) in [4.78, 5) is 52.8. The molecule has 2 aliphatic rings. The SMILES string of the molecule is BC(c1ccc2c(c1)CN(C1CC(B)(B)C(=O)NC1=O)C2=O)N(B)C(=O)C(F)(F)c1ccc(Cl)cc1. The van der Waals surface area contributed by atoms with Gasteiger partial charge in [-0.1, -0.05) is 35.9 Å². The number of benzene rings is 2. The van der Waals surface area contributed by atoms with Crippen molar-refractivity contribution >= 4 is 66.7 Å². The zero-order chi connectivity index (χ0) is 26.6. The number of alkyl halides is 2. The number of imide groups is 1. The number of carbonyl (C=O) groups is 4. The molecule has 2 unspecified atom stereocenters. The number of carbonyl (C=O) groups excluding carboxylic acids is 4. The lowest BCUT2D eigenvalue weighted by Crippen LogP contribution is -2.58. The third kappa shape index (κ3) is 4.45. The van der Waals surface area contributed by atoms with Gasteiger partial charge in [-0.25, -0.2) is 0 Å². The van der Waals surface area contributed by atoms with Gasteiger partial charge in [-0.05, 0) is 41.0 Å². The Bertz CT molecular complexity index is 1280. The molecule has 2 aromatic carbocycles. The highest BCUT2D eigenvalue weighted by Crippen LogP contribution is 2.36. The summed E-state index contributed by atoms with van der Waals surface area (Å²) in [6.45, 7) is 0.135. The van der Waals surface area contributed by atoms with E-state index in [2.05, 4.69) is 5.32 Å². The van der Waals surface area contributed by atoms with Crippen molar-refractivity contribution in [3.05, 3.63) is 69.7 Å². The summed E-state index contributed by atoms with van der Waals surface area (Å²) in [5.74, 6) is -7.10. The molecule has 0 saturated carbocycles. The first kappa shape index (κ1) is 26.0. The molecule has 7 nitrogen and oxygen atoms in total. The van der Waals surface area contributed by atoms with Crippen LogP contribution >= 0.6 is 11.6 Å². The number of hydrogen-bond donors (Lipinski definition) is 1. The Morgan fingerprint density at radius 3 is 2.44 bits per heavy atom. The van der Waals surface area contributed by atoms with Crippen molar-refractivity contribution in [1.29, 1.82) is 0 Å². The quantitative estimate of drug-likeness (QED) is 0.410. The fourth-order valence-corrected chi connectivity index (χ4v) is 4.69. The van der Waals surface area contributed by atoms with Crippen molar-refractivity contribution in [2.75, 3.05) is 0 Å². The minimum atomic E-state index is -3.75. The normalized spacial score (nSPS) is 20.0. The van der Waals surface area contributed by atoms with Crippen LogP contribution in [0.5, 0.6) is 0 Å². The summed E-state index contributed by atoms with van der Waals surface area (Å²) >= 11 is 5.77. The van der Waals surface area contributed by atoms with Crippen molar-refractivity contribution in [2.45, 2.75) is 36.1 Å². The molecule has 2 aromatic rings. The molecule has 2 heterocycles. The molecule has 1 saturated heterocycles. The van der Waals surface area contributed by atoms with Crippen LogP contribution in [0.1, 0.15) is 39.4 Å². The summed E-state index contributed by atoms with van der Waals surface area (Å²) < 4.78 is 29.8. The molecular weight excluding hydrogens is 487 g/mol. The molecule has 1 fully saturated rings. The number of piperidine rings is 1. The lowest BCUT2D eigenvalue weighted by molar-refractivity contribution is -0.154. The summed E-state index contributed by atoms with van der Waals surface area (Å²) in [5.41, 5.74) is 1.12. The predicted molar refractivity (Wildman–Crippen MR) is 140 cm³/mol. The van der Waals surface area contributed by atoms with E-state index < -0.39 is 40.5 Å². The number of hydrogen-bond acceptors (Lipinski definition) is 4. The van der Waals surface area contributed by atoms with Crippen molar-refractivity contribution in [3.63, 3.8) is 0 Å². The van der Waals surface area contributed by atoms with Crippen LogP contribution in [0, 0.1) is 0 Å². The maximum Gasteiger partial charge on any atom is 0.348 e. The third-order valence-corrected chi connectivity index (χ3v) is 7.31. The molecule has 4 amide bonds. The largest absolute Gasteiger partial charge is 0.389 e. The van der Waals surface area contributed by atoms with Crippen molar-refractivity contribution in [1.82, 2.24) is 15.0 Å². The molecule has 2 atom stereocenters. The first-order chi connectivity index (χ1) is 16.7. The van der Waals surface area contributed by atoms with Crippen LogP contribution in [0.15, 0.2) is 42.5 Å². The second-order valence-corrected chi connectivity index (χ2v) is 10.4. The maximum atomic E-state index is 14.9. The zero-order valence-electron chi connectivity index (χ0n) is 20.3. The number of nitrogens with zero attached hydrogens (tertiary/aromatic N) is 2. The maximum absolute atomic E-state index is 14.9. The molecule has 182 valence electrons. The highest BCUT2D eigenvalue weighted by molar-refractivity contribution is 6.52. The minimum Gasteiger partial charge on any atom is -0.389 e. The molecule has 4 rings (SSSR count). The summed E-state index contributed by atoms with van der Waals surface area (Å²) in [5, 5.41) is 1.81. The van der Waals surface area contributed by atoms with Crippen LogP contribution < -0.4 is 5.32 Å². The number of fused-ring (bicyclic) bond motifs is 1. The van der Waals surface area contributed by atoms with Gasteiger partial charge in [0, 0.05) is 28.6 Å². The van der Waals surface area contributed by atoms with Crippen LogP contribution in [-0.2, 0) is 26.9 Å². The second kappa shape index (κ2) is 9.10. The van der Waals surface area contributed by atoms with Gasteiger partial charge in [-0.3, -0.25) is 24.5 Å². The van der Waals surface area contributed by atoms with Gasteiger partial charge in [0.2, 0.25) is 19.8 Å². The predicted octanol–water partition coefficient (Wildman–Crippen LogP) is -1.11. The first-order valence-electron chi connectivity index (χ1n) is 11.4. The van der Waals surface area contributed by atoms with Crippen LogP contribution in [0.2, 0.25) is 10.2 Å². The zero-order valence-corrected chi connectivity index (χ0v) is 21.0. The minimum absolute atomic E-state index is 0.135. The standard InChI is InChI=1S/C22H22B4ClF2N3O4/c23-16(32(26)20(36)22(28,29)12-2-4-13(27)5-3-12)10-1-6-14-11(7-10)9-31(18(14)34)15-8-21(24,25)19(35)30-17(15)33/h1-7,15-16H,8-9,23-26H2,(H,30,33,35). The summed E-state index contributed by atoms with van der Waals surface area (Å²) in [7, 11) is 6.34. The van der Waals surface area contributed by atoms with Crippen LogP contribution in [0.4, 0.5) is 8.78 Å². The third-order valence-electron chi connectivity index (χ3n) is 7.05. The van der Waals surface area contributed by atoms with Gasteiger partial charge in [0.05, 0.1) is 0 Å². The second-order valence-electron chi connectivity index (χ2n) is 9.95. The molecular formula is C22H22B4ClF2N3O4. The van der Waals surface area contributed by atoms with E-state index in [1.54, 1.807) is 41.7 Å². The summed E-state index contributed by atoms with van der Waals surface area (Å²) in [6, 6.07) is 8.91. The Hall–Kier alpha value is -3.07. The van der Waals surface area contributed by atoms with E-state index in [9.17, 15) is 28.0 Å². The molecule has 36 heavy (non-hydrogen) atoms. The molecule has 1 N–H and O–H groups in total. The lowest BCUT2D eigenvalue weighted by atomic mass is 9.50. The number of rotatable bonds is 5. The smallest absolute Gasteiger partial charge is 0.348 e. The van der Waals surface area contributed by atoms with Gasteiger partial charge in [0.1, 0.15) is 29.6 Å². The average molecular weight is 509 g/mol. The Kier molecular flexibility index (Phi) is 6.58. The highest BCUT2D eigenvalue weighted by Gasteiger charge is 2.46. The molecule has 0 spiro atoms. The van der Waals surface area contributed by atoms with Gasteiger partial charge >= 0.3 is 5.92 Å². The fraction of sp³-hybridized carbons (Fsp3) is 0.273. The highest BCUT2D eigenvalue weighted by atomic mass is 35.5. The number of nitrogens with one attached hydrogen (secondary N) is 1. The van der Waals surface area contributed by atoms with Gasteiger partial charge in [-0.2, -0.15) is 8.78 Å². The van der Waals surface area contributed by atoms with Gasteiger partial charge in [-0.15, -0.1) is 0 Å². The lowest BCUT2D eigenvalue weighted by Gasteiger charge is -2.37. The Labute approximate surface area is 215 Å². The van der Waals surface area contributed by atoms with Crippen molar-refractivity contribution in [2.24, 2.45) is 0 Å². The Balaban J connectivity index is 1.54.